The maximum Gasteiger partial charge on any atom is 0.334 e. The third-order valence-electron chi connectivity index (χ3n) is 2.07. The SMILES string of the molecule is CCC[Si](C)(OC)OC.CCNCC. The van der Waals surface area contributed by atoms with Gasteiger partial charge in [-0.05, 0) is 25.7 Å². The van der Waals surface area contributed by atoms with E-state index in [9.17, 15) is 0 Å². The first kappa shape index (κ1) is 16.5. The molecule has 0 amide bonds. The molecule has 0 aromatic rings. The van der Waals surface area contributed by atoms with Crippen molar-refractivity contribution in [3.63, 3.8) is 0 Å². The van der Waals surface area contributed by atoms with Gasteiger partial charge >= 0.3 is 8.56 Å². The molecule has 0 heterocycles. The van der Waals surface area contributed by atoms with Crippen LogP contribution >= 0.6 is 0 Å². The Kier molecular flexibility index (Phi) is 13.2. The first-order valence-electron chi connectivity index (χ1n) is 5.41. The van der Waals surface area contributed by atoms with Gasteiger partial charge in [0.25, 0.3) is 0 Å². The highest BCUT2D eigenvalue weighted by Gasteiger charge is 2.26. The van der Waals surface area contributed by atoms with Crippen molar-refractivity contribution in [3.05, 3.63) is 0 Å². The molecule has 0 radical (unpaired) electrons. The van der Waals surface area contributed by atoms with E-state index in [1.54, 1.807) is 14.2 Å². The van der Waals surface area contributed by atoms with Crippen LogP contribution in [-0.4, -0.2) is 35.9 Å². The fourth-order valence-electron chi connectivity index (χ4n) is 0.992. The number of hydrogen-bond donors (Lipinski definition) is 1. The summed E-state index contributed by atoms with van der Waals surface area (Å²) in [4.78, 5) is 0. The van der Waals surface area contributed by atoms with Gasteiger partial charge in [-0.25, -0.2) is 0 Å². The van der Waals surface area contributed by atoms with Gasteiger partial charge in [0.2, 0.25) is 0 Å². The number of hydrogen-bond acceptors (Lipinski definition) is 3. The Labute approximate surface area is 90.4 Å². The Morgan fingerprint density at radius 2 is 1.43 bits per heavy atom. The van der Waals surface area contributed by atoms with E-state index >= 15 is 0 Å². The highest BCUT2D eigenvalue weighted by Crippen LogP contribution is 2.12. The van der Waals surface area contributed by atoms with E-state index in [0.29, 0.717) is 0 Å². The van der Waals surface area contributed by atoms with Gasteiger partial charge in [0.1, 0.15) is 0 Å². The summed E-state index contributed by atoms with van der Waals surface area (Å²) in [6, 6.07) is 1.08. The molecule has 0 aromatic carbocycles. The summed E-state index contributed by atoms with van der Waals surface area (Å²) in [6.07, 6.45) is 1.14. The molecule has 3 nitrogen and oxygen atoms in total. The summed E-state index contributed by atoms with van der Waals surface area (Å²) in [5.41, 5.74) is 0. The predicted octanol–water partition coefficient (Wildman–Crippen LogP) is 2.38. The van der Waals surface area contributed by atoms with Gasteiger partial charge in [-0.2, -0.15) is 0 Å². The standard InChI is InChI=1S/C6H16O2Si.C4H11N/c1-5-6-9(4,7-2)8-3;1-3-5-4-2/h5-6H2,1-4H3;5H,3-4H2,1-2H3. The maximum absolute atomic E-state index is 5.24. The van der Waals surface area contributed by atoms with Gasteiger partial charge in [0, 0.05) is 14.2 Å². The minimum Gasteiger partial charge on any atom is -0.398 e. The average molecular weight is 221 g/mol. The Balaban J connectivity index is 0. The van der Waals surface area contributed by atoms with Crippen molar-refractivity contribution in [1.29, 1.82) is 0 Å². The Morgan fingerprint density at radius 3 is 1.50 bits per heavy atom. The summed E-state index contributed by atoms with van der Waals surface area (Å²) >= 11 is 0. The van der Waals surface area contributed by atoms with E-state index in [0.717, 1.165) is 25.6 Å². The summed E-state index contributed by atoms with van der Waals surface area (Å²) in [7, 11) is 1.76. The molecule has 0 unspecified atom stereocenters. The van der Waals surface area contributed by atoms with Crippen LogP contribution in [0.1, 0.15) is 27.2 Å². The molecule has 0 rings (SSSR count). The van der Waals surface area contributed by atoms with Crippen LogP contribution in [0.25, 0.3) is 0 Å². The predicted molar refractivity (Wildman–Crippen MR) is 65.0 cm³/mol. The van der Waals surface area contributed by atoms with E-state index in [-0.39, 0.29) is 0 Å². The zero-order chi connectivity index (χ0) is 11.4. The summed E-state index contributed by atoms with van der Waals surface area (Å²) in [5.74, 6) is 0. The largest absolute Gasteiger partial charge is 0.398 e. The van der Waals surface area contributed by atoms with Crippen molar-refractivity contribution in [3.8, 4) is 0 Å². The van der Waals surface area contributed by atoms with Crippen LogP contribution in [0.3, 0.4) is 0 Å². The second-order valence-corrected chi connectivity index (χ2v) is 6.83. The van der Waals surface area contributed by atoms with Crippen molar-refractivity contribution in [1.82, 2.24) is 5.32 Å². The van der Waals surface area contributed by atoms with E-state index in [1.165, 1.54) is 0 Å². The van der Waals surface area contributed by atoms with Crippen LogP contribution in [0.5, 0.6) is 0 Å². The molecule has 0 bridgehead atoms. The topological polar surface area (TPSA) is 30.5 Å². The molecule has 1 N–H and O–H groups in total. The van der Waals surface area contributed by atoms with Crippen molar-refractivity contribution in [2.75, 3.05) is 27.3 Å². The molecule has 0 saturated heterocycles. The average Bonchev–Trinajstić information content (AvgIpc) is 2.20. The lowest BCUT2D eigenvalue weighted by molar-refractivity contribution is 0.249. The second kappa shape index (κ2) is 11.2. The van der Waals surface area contributed by atoms with Gasteiger partial charge < -0.3 is 14.2 Å². The van der Waals surface area contributed by atoms with E-state index in [4.69, 9.17) is 8.85 Å². The van der Waals surface area contributed by atoms with E-state index in [2.05, 4.69) is 32.6 Å². The lowest BCUT2D eigenvalue weighted by Crippen LogP contribution is -2.35. The van der Waals surface area contributed by atoms with Crippen LogP contribution in [0.2, 0.25) is 12.6 Å². The third-order valence-corrected chi connectivity index (χ3v) is 5.20. The number of rotatable bonds is 6. The second-order valence-electron chi connectivity index (χ2n) is 3.25. The van der Waals surface area contributed by atoms with Crippen LogP contribution in [0.15, 0.2) is 0 Å². The lowest BCUT2D eigenvalue weighted by atomic mass is 10.6. The normalized spacial score (nSPS) is 10.7. The molecule has 0 aliphatic heterocycles. The Bertz CT molecular complexity index is 106. The van der Waals surface area contributed by atoms with Gasteiger partial charge in [-0.1, -0.05) is 27.2 Å². The Morgan fingerprint density at radius 1 is 1.00 bits per heavy atom. The molecule has 0 aliphatic rings. The molecule has 0 atom stereocenters. The van der Waals surface area contributed by atoms with Crippen molar-refractivity contribution < 1.29 is 8.85 Å². The molecule has 0 spiro atoms. The molecule has 0 aromatic heterocycles. The summed E-state index contributed by atoms with van der Waals surface area (Å²) in [6.45, 7) is 10.6. The molecule has 0 aliphatic carbocycles. The van der Waals surface area contributed by atoms with Crippen LogP contribution in [0.4, 0.5) is 0 Å². The highest BCUT2D eigenvalue weighted by atomic mass is 28.4. The fraction of sp³-hybridized carbons (Fsp3) is 1.00. The quantitative estimate of drug-likeness (QED) is 0.699. The van der Waals surface area contributed by atoms with Gasteiger partial charge in [0.15, 0.2) is 0 Å². The van der Waals surface area contributed by atoms with Crippen LogP contribution in [-0.2, 0) is 8.85 Å². The molecule has 0 fully saturated rings. The number of nitrogens with one attached hydrogen (secondary N) is 1. The van der Waals surface area contributed by atoms with Crippen molar-refractivity contribution >= 4 is 8.56 Å². The minimum atomic E-state index is -1.70. The zero-order valence-corrected chi connectivity index (χ0v) is 11.6. The van der Waals surface area contributed by atoms with Gasteiger partial charge in [-0.15, -0.1) is 0 Å². The molecule has 14 heavy (non-hydrogen) atoms. The van der Waals surface area contributed by atoms with Crippen molar-refractivity contribution in [2.45, 2.75) is 39.8 Å². The summed E-state index contributed by atoms with van der Waals surface area (Å²) in [5, 5.41) is 3.11. The molecule has 4 heteroatoms. The minimum absolute atomic E-state index is 1.08. The van der Waals surface area contributed by atoms with Gasteiger partial charge in [-0.3, -0.25) is 0 Å². The Hall–Kier alpha value is 0.0969. The first-order chi connectivity index (χ1) is 6.60. The zero-order valence-electron chi connectivity index (χ0n) is 10.6. The molecular formula is C10H27NO2Si. The fourth-order valence-corrected chi connectivity index (χ4v) is 2.47. The van der Waals surface area contributed by atoms with E-state index < -0.39 is 8.56 Å². The lowest BCUT2D eigenvalue weighted by Gasteiger charge is -2.21. The van der Waals surface area contributed by atoms with Gasteiger partial charge in [0.05, 0.1) is 0 Å². The van der Waals surface area contributed by atoms with E-state index in [1.807, 2.05) is 0 Å². The smallest absolute Gasteiger partial charge is 0.334 e. The van der Waals surface area contributed by atoms with Crippen LogP contribution in [0, 0.1) is 0 Å². The first-order valence-corrected chi connectivity index (χ1v) is 7.93. The highest BCUT2D eigenvalue weighted by molar-refractivity contribution is 6.65. The summed E-state index contributed by atoms with van der Waals surface area (Å²) < 4.78 is 10.5. The van der Waals surface area contributed by atoms with Crippen molar-refractivity contribution in [2.24, 2.45) is 0 Å². The van der Waals surface area contributed by atoms with Crippen LogP contribution < -0.4 is 5.32 Å². The maximum atomic E-state index is 5.24. The monoisotopic (exact) mass is 221 g/mol. The molecule has 88 valence electrons. The third kappa shape index (κ3) is 10.2. The molecular weight excluding hydrogens is 194 g/mol. The molecule has 0 saturated carbocycles.